The number of nitrogens with two attached hydrogens (primary N) is 1. The Balaban J connectivity index is 2.64. The van der Waals surface area contributed by atoms with Gasteiger partial charge in [0.1, 0.15) is 5.82 Å². The van der Waals surface area contributed by atoms with Crippen molar-refractivity contribution < 1.29 is 13.4 Å². The summed E-state index contributed by atoms with van der Waals surface area (Å²) < 4.78 is 25.0. The molecule has 6 heteroatoms. The number of carbonyl (C=O) groups excluding carboxylic acids is 1. The van der Waals surface area contributed by atoms with E-state index in [9.17, 15) is 13.4 Å². The Bertz CT molecular complexity index is 593. The van der Waals surface area contributed by atoms with Crippen molar-refractivity contribution in [3.05, 3.63) is 35.1 Å². The largest absolute Gasteiger partial charge is 0.352 e. The van der Waals surface area contributed by atoms with Crippen LogP contribution in [0.1, 0.15) is 29.3 Å². The monoisotopic (exact) mass is 310 g/mol. The van der Waals surface area contributed by atoms with E-state index in [1.54, 1.807) is 12.3 Å². The molecule has 21 heavy (non-hydrogen) atoms. The Labute approximate surface area is 126 Å². The molecule has 3 N–H and O–H groups in total. The average Bonchev–Trinajstić information content (AvgIpc) is 2.44. The molecular weight excluding hydrogens is 291 g/mol. The molecule has 0 saturated heterocycles. The smallest absolute Gasteiger partial charge is 0.254 e. The van der Waals surface area contributed by atoms with E-state index in [1.165, 1.54) is 12.1 Å². The predicted octanol–water partition coefficient (Wildman–Crippen LogP) is 1.02. The lowest BCUT2D eigenvalue weighted by Crippen LogP contribution is -2.28. The maximum atomic E-state index is 13.8. The van der Waals surface area contributed by atoms with Crippen LogP contribution in [0.5, 0.6) is 0 Å². The third-order valence-electron chi connectivity index (χ3n) is 2.95. The Morgan fingerprint density at radius 1 is 1.52 bits per heavy atom. The number of hydrogen-bond acceptors (Lipinski definition) is 3. The first-order chi connectivity index (χ1) is 9.95. The highest BCUT2D eigenvalue weighted by Crippen LogP contribution is 2.10. The van der Waals surface area contributed by atoms with Crippen molar-refractivity contribution >= 4 is 16.7 Å². The normalized spacial score (nSPS) is 13.0. The van der Waals surface area contributed by atoms with Crippen LogP contribution in [0.15, 0.2) is 18.2 Å². The van der Waals surface area contributed by atoms with Gasteiger partial charge in [0.2, 0.25) is 0 Å². The number of hydrogen-bond donors (Lipinski definition) is 2. The van der Waals surface area contributed by atoms with Crippen LogP contribution in [0.25, 0.3) is 0 Å². The number of carbonyl (C=O) groups is 1. The fraction of sp³-hybridized carbons (Fsp3) is 0.400. The third kappa shape index (κ3) is 5.66. The molecule has 0 aromatic heterocycles. The van der Waals surface area contributed by atoms with Crippen LogP contribution in [0.3, 0.4) is 0 Å². The molecule has 2 unspecified atom stereocenters. The van der Waals surface area contributed by atoms with E-state index in [0.29, 0.717) is 18.5 Å². The van der Waals surface area contributed by atoms with Gasteiger partial charge in [-0.3, -0.25) is 9.00 Å². The van der Waals surface area contributed by atoms with Gasteiger partial charge >= 0.3 is 0 Å². The Morgan fingerprint density at radius 3 is 2.81 bits per heavy atom. The van der Waals surface area contributed by atoms with Crippen LogP contribution in [-0.4, -0.2) is 34.7 Å². The van der Waals surface area contributed by atoms with Crippen LogP contribution in [0.4, 0.5) is 4.39 Å². The molecule has 1 rings (SSSR count). The molecule has 1 aromatic rings. The number of nitrogens with one attached hydrogen (secondary N) is 1. The molecule has 0 saturated carbocycles. The maximum Gasteiger partial charge on any atom is 0.254 e. The first-order valence-corrected chi connectivity index (χ1v) is 8.16. The second-order valence-electron chi connectivity index (χ2n) is 4.55. The lowest BCUT2D eigenvalue weighted by Gasteiger charge is -2.09. The van der Waals surface area contributed by atoms with E-state index < -0.39 is 22.5 Å². The number of benzene rings is 1. The highest BCUT2D eigenvalue weighted by atomic mass is 32.2. The summed E-state index contributed by atoms with van der Waals surface area (Å²) >= 11 is 0. The molecular formula is C15H19FN2O2S. The van der Waals surface area contributed by atoms with Crippen molar-refractivity contribution in [1.82, 2.24) is 5.32 Å². The Morgan fingerprint density at radius 2 is 2.24 bits per heavy atom. The quantitative estimate of drug-likeness (QED) is 0.798. The number of amides is 1. The van der Waals surface area contributed by atoms with E-state index in [4.69, 9.17) is 5.73 Å². The zero-order valence-corrected chi connectivity index (χ0v) is 12.9. The van der Waals surface area contributed by atoms with Crippen molar-refractivity contribution in [2.75, 3.05) is 19.3 Å². The van der Waals surface area contributed by atoms with Gasteiger partial charge in [0.05, 0.1) is 12.1 Å². The minimum atomic E-state index is -0.931. The molecule has 114 valence electrons. The summed E-state index contributed by atoms with van der Waals surface area (Å²) in [6.45, 7) is 2.39. The van der Waals surface area contributed by atoms with Crippen molar-refractivity contribution in [2.24, 2.45) is 5.73 Å². The summed E-state index contributed by atoms with van der Waals surface area (Å²) in [7, 11) is -0.931. The molecule has 1 amide bonds. The van der Waals surface area contributed by atoms with E-state index in [1.807, 2.05) is 6.92 Å². The average molecular weight is 310 g/mol. The molecule has 0 aliphatic carbocycles. The fourth-order valence-electron chi connectivity index (χ4n) is 1.58. The molecule has 0 aliphatic rings. The van der Waals surface area contributed by atoms with Crippen LogP contribution >= 0.6 is 0 Å². The molecule has 0 fully saturated rings. The summed E-state index contributed by atoms with van der Waals surface area (Å²) in [4.78, 5) is 11.9. The van der Waals surface area contributed by atoms with Gasteiger partial charge in [-0.1, -0.05) is 18.8 Å². The second kappa shape index (κ2) is 8.55. The van der Waals surface area contributed by atoms with Crippen molar-refractivity contribution in [1.29, 1.82) is 0 Å². The minimum Gasteiger partial charge on any atom is -0.352 e. The van der Waals surface area contributed by atoms with Gasteiger partial charge in [0, 0.05) is 34.4 Å². The first-order valence-electron chi connectivity index (χ1n) is 6.54. The highest BCUT2D eigenvalue weighted by Gasteiger charge is 2.12. The number of rotatable bonds is 5. The van der Waals surface area contributed by atoms with Crippen LogP contribution in [0.2, 0.25) is 0 Å². The van der Waals surface area contributed by atoms with Gasteiger partial charge in [0.25, 0.3) is 5.91 Å². The summed E-state index contributed by atoms with van der Waals surface area (Å²) in [5.74, 6) is 4.21. The van der Waals surface area contributed by atoms with Crippen molar-refractivity contribution in [3.8, 4) is 11.8 Å². The standard InChI is InChI=1S/C15H19FN2O2S/c1-11(21(2)20)7-9-18-15(19)13-6-5-12(4-3-8-17)10-14(13)16/h5-6,10-11H,7-9,17H2,1-2H3,(H,18,19). The fourth-order valence-corrected chi connectivity index (χ4v) is 2.03. The molecule has 0 heterocycles. The molecule has 0 spiro atoms. The second-order valence-corrected chi connectivity index (χ2v) is 6.36. The summed E-state index contributed by atoms with van der Waals surface area (Å²) in [6.07, 6.45) is 2.20. The molecule has 1 aromatic carbocycles. The highest BCUT2D eigenvalue weighted by molar-refractivity contribution is 7.84. The van der Waals surface area contributed by atoms with Crippen molar-refractivity contribution in [3.63, 3.8) is 0 Å². The molecule has 4 nitrogen and oxygen atoms in total. The maximum absolute atomic E-state index is 13.8. The summed E-state index contributed by atoms with van der Waals surface area (Å²) in [5, 5.41) is 2.61. The Kier molecular flexibility index (Phi) is 7.06. The number of halogens is 1. The van der Waals surface area contributed by atoms with E-state index in [-0.39, 0.29) is 17.4 Å². The lowest BCUT2D eigenvalue weighted by molar-refractivity contribution is 0.0949. The zero-order valence-electron chi connectivity index (χ0n) is 12.1. The van der Waals surface area contributed by atoms with E-state index in [0.717, 1.165) is 0 Å². The van der Waals surface area contributed by atoms with Gasteiger partial charge in [-0.05, 0) is 24.6 Å². The first kappa shape index (κ1) is 17.3. The molecule has 0 radical (unpaired) electrons. The molecule has 0 bridgehead atoms. The molecule has 2 atom stereocenters. The third-order valence-corrected chi connectivity index (χ3v) is 4.32. The Hall–Kier alpha value is -1.71. The zero-order chi connectivity index (χ0) is 15.8. The van der Waals surface area contributed by atoms with Gasteiger partial charge in [-0.2, -0.15) is 0 Å². The summed E-state index contributed by atoms with van der Waals surface area (Å²) in [5.41, 5.74) is 5.69. The minimum absolute atomic E-state index is 0.0101. The topological polar surface area (TPSA) is 72.2 Å². The SMILES string of the molecule is CC(CCNC(=O)c1ccc(C#CCN)cc1F)S(C)=O. The van der Waals surface area contributed by atoms with Crippen LogP contribution < -0.4 is 11.1 Å². The molecule has 0 aliphatic heterocycles. The van der Waals surface area contributed by atoms with Gasteiger partial charge in [-0.25, -0.2) is 4.39 Å². The van der Waals surface area contributed by atoms with Gasteiger partial charge in [-0.15, -0.1) is 0 Å². The predicted molar refractivity (Wildman–Crippen MR) is 82.8 cm³/mol. The van der Waals surface area contributed by atoms with E-state index >= 15 is 0 Å². The lowest BCUT2D eigenvalue weighted by atomic mass is 10.1. The van der Waals surface area contributed by atoms with Crippen molar-refractivity contribution in [2.45, 2.75) is 18.6 Å². The van der Waals surface area contributed by atoms with Crippen LogP contribution in [-0.2, 0) is 10.8 Å². The summed E-state index contributed by atoms with van der Waals surface area (Å²) in [6, 6.07) is 4.18. The van der Waals surface area contributed by atoms with E-state index in [2.05, 4.69) is 17.2 Å². The van der Waals surface area contributed by atoms with Gasteiger partial charge < -0.3 is 11.1 Å². The van der Waals surface area contributed by atoms with Crippen LogP contribution in [0, 0.1) is 17.7 Å². The van der Waals surface area contributed by atoms with Gasteiger partial charge in [0.15, 0.2) is 0 Å².